The summed E-state index contributed by atoms with van der Waals surface area (Å²) in [5.41, 5.74) is -0.124. The Morgan fingerprint density at radius 2 is 1.86 bits per heavy atom. The molecule has 2 fully saturated rings. The molecule has 2 aliphatic rings. The van der Waals surface area contributed by atoms with Crippen molar-refractivity contribution in [3.63, 3.8) is 0 Å². The molecular formula is C14H24N6O. The third kappa shape index (κ3) is 2.94. The maximum atomic E-state index is 12.5. The number of aromatic amines is 1. The summed E-state index contributed by atoms with van der Waals surface area (Å²) in [6.07, 6.45) is 0. The predicted molar refractivity (Wildman–Crippen MR) is 79.2 cm³/mol. The van der Waals surface area contributed by atoms with Gasteiger partial charge in [0.1, 0.15) is 5.82 Å². The van der Waals surface area contributed by atoms with Gasteiger partial charge >= 0.3 is 0 Å². The maximum absolute atomic E-state index is 12.5. The molecule has 0 aromatic carbocycles. The summed E-state index contributed by atoms with van der Waals surface area (Å²) in [7, 11) is 0. The fraction of sp³-hybridized carbons (Fsp3) is 0.786. The van der Waals surface area contributed by atoms with Crippen LogP contribution < -0.4 is 5.32 Å². The Hall–Kier alpha value is -1.47. The molecule has 0 radical (unpaired) electrons. The van der Waals surface area contributed by atoms with Gasteiger partial charge in [0.2, 0.25) is 5.82 Å². The van der Waals surface area contributed by atoms with Crippen LogP contribution in [0, 0.1) is 0 Å². The number of hydrogen-bond donors (Lipinski definition) is 2. The zero-order chi connectivity index (χ0) is 15.0. The Labute approximate surface area is 125 Å². The number of rotatable bonds is 2. The van der Waals surface area contributed by atoms with Crippen LogP contribution in [-0.4, -0.2) is 76.2 Å². The maximum Gasteiger partial charge on any atom is 0.293 e. The van der Waals surface area contributed by atoms with Crippen LogP contribution in [0.2, 0.25) is 0 Å². The Morgan fingerprint density at radius 1 is 1.19 bits per heavy atom. The van der Waals surface area contributed by atoms with Gasteiger partial charge in [-0.05, 0) is 0 Å². The second-order valence-corrected chi connectivity index (χ2v) is 6.90. The van der Waals surface area contributed by atoms with Crippen LogP contribution in [0.5, 0.6) is 0 Å². The predicted octanol–water partition coefficient (Wildman–Crippen LogP) is -0.168. The van der Waals surface area contributed by atoms with Crippen LogP contribution in [0.1, 0.15) is 37.2 Å². The minimum atomic E-state index is -0.124. The minimum absolute atomic E-state index is 0.0619. The van der Waals surface area contributed by atoms with E-state index in [0.29, 0.717) is 11.9 Å². The highest BCUT2D eigenvalue weighted by atomic mass is 16.2. The molecule has 0 spiro atoms. The number of nitrogens with one attached hydrogen (secondary N) is 2. The SMILES string of the molecule is CC(C)(C)c1nc(C(=O)N2CCN(C3CNC3)CC2)n[nH]1. The number of hydrogen-bond acceptors (Lipinski definition) is 5. The van der Waals surface area contributed by atoms with Gasteiger partial charge in [-0.1, -0.05) is 20.8 Å². The van der Waals surface area contributed by atoms with Crippen molar-refractivity contribution in [2.75, 3.05) is 39.3 Å². The average Bonchev–Trinajstić information content (AvgIpc) is 2.86. The average molecular weight is 292 g/mol. The second-order valence-electron chi connectivity index (χ2n) is 6.90. The molecular weight excluding hydrogens is 268 g/mol. The van der Waals surface area contributed by atoms with E-state index in [9.17, 15) is 4.79 Å². The highest BCUT2D eigenvalue weighted by molar-refractivity contribution is 5.90. The van der Waals surface area contributed by atoms with Gasteiger partial charge in [-0.3, -0.25) is 14.8 Å². The van der Waals surface area contributed by atoms with Crippen molar-refractivity contribution in [3.8, 4) is 0 Å². The van der Waals surface area contributed by atoms with Gasteiger partial charge < -0.3 is 10.2 Å². The highest BCUT2D eigenvalue weighted by Gasteiger charge is 2.31. The largest absolute Gasteiger partial charge is 0.333 e. The number of aromatic nitrogens is 3. The zero-order valence-corrected chi connectivity index (χ0v) is 13.0. The third-order valence-electron chi connectivity index (χ3n) is 4.26. The van der Waals surface area contributed by atoms with E-state index < -0.39 is 0 Å². The first kappa shape index (κ1) is 14.5. The van der Waals surface area contributed by atoms with E-state index >= 15 is 0 Å². The standard InChI is InChI=1S/C14H24N6O/c1-14(2,3)13-16-11(17-18-13)12(21)20-6-4-19(5-7-20)10-8-15-9-10/h10,15H,4-9H2,1-3H3,(H,16,17,18). The number of H-pyrrole nitrogens is 1. The molecule has 116 valence electrons. The van der Waals surface area contributed by atoms with Gasteiger partial charge in [-0.2, -0.15) is 0 Å². The summed E-state index contributed by atoms with van der Waals surface area (Å²) in [6.45, 7) is 11.7. The first-order valence-corrected chi connectivity index (χ1v) is 7.62. The van der Waals surface area contributed by atoms with E-state index in [1.807, 2.05) is 25.7 Å². The fourth-order valence-electron chi connectivity index (χ4n) is 2.66. The Balaban J connectivity index is 1.60. The van der Waals surface area contributed by atoms with E-state index in [-0.39, 0.29) is 11.3 Å². The summed E-state index contributed by atoms with van der Waals surface area (Å²) < 4.78 is 0. The Morgan fingerprint density at radius 3 is 2.33 bits per heavy atom. The van der Waals surface area contributed by atoms with E-state index in [1.165, 1.54) is 0 Å². The van der Waals surface area contributed by atoms with Crippen molar-refractivity contribution in [2.24, 2.45) is 0 Å². The normalized spacial score (nSPS) is 21.4. The summed E-state index contributed by atoms with van der Waals surface area (Å²) in [6, 6.07) is 0.651. The van der Waals surface area contributed by atoms with E-state index in [0.717, 1.165) is 45.1 Å². The molecule has 2 saturated heterocycles. The van der Waals surface area contributed by atoms with Crippen LogP contribution >= 0.6 is 0 Å². The first-order valence-electron chi connectivity index (χ1n) is 7.62. The van der Waals surface area contributed by atoms with Crippen LogP contribution in [-0.2, 0) is 5.41 Å². The lowest BCUT2D eigenvalue weighted by molar-refractivity contribution is 0.0492. The van der Waals surface area contributed by atoms with Crippen LogP contribution in [0.4, 0.5) is 0 Å². The lowest BCUT2D eigenvalue weighted by Gasteiger charge is -2.43. The zero-order valence-electron chi connectivity index (χ0n) is 13.0. The molecule has 3 heterocycles. The molecule has 1 aromatic rings. The summed E-state index contributed by atoms with van der Waals surface area (Å²) in [5, 5.41) is 10.3. The number of amides is 1. The molecule has 0 aliphatic carbocycles. The lowest BCUT2D eigenvalue weighted by Crippen LogP contribution is -2.62. The first-order chi connectivity index (χ1) is 9.95. The van der Waals surface area contributed by atoms with Crippen molar-refractivity contribution < 1.29 is 4.79 Å². The summed E-state index contributed by atoms with van der Waals surface area (Å²) in [4.78, 5) is 21.1. The molecule has 0 unspecified atom stereocenters. The molecule has 3 rings (SSSR count). The van der Waals surface area contributed by atoms with Crippen LogP contribution in [0.25, 0.3) is 0 Å². The Bertz CT molecular complexity index is 508. The van der Waals surface area contributed by atoms with Crippen molar-refractivity contribution in [3.05, 3.63) is 11.6 Å². The third-order valence-corrected chi connectivity index (χ3v) is 4.26. The molecule has 7 nitrogen and oxygen atoms in total. The molecule has 0 atom stereocenters. The van der Waals surface area contributed by atoms with Crippen LogP contribution in [0.3, 0.4) is 0 Å². The summed E-state index contributed by atoms with van der Waals surface area (Å²) >= 11 is 0. The van der Waals surface area contributed by atoms with Gasteiger partial charge in [-0.15, -0.1) is 5.10 Å². The van der Waals surface area contributed by atoms with Crippen molar-refractivity contribution in [2.45, 2.75) is 32.2 Å². The van der Waals surface area contributed by atoms with Gasteiger partial charge in [-0.25, -0.2) is 4.98 Å². The number of nitrogens with zero attached hydrogens (tertiary/aromatic N) is 4. The van der Waals surface area contributed by atoms with Gasteiger partial charge in [0.25, 0.3) is 5.91 Å². The van der Waals surface area contributed by atoms with Gasteiger partial charge in [0.05, 0.1) is 0 Å². The molecule has 2 aliphatic heterocycles. The van der Waals surface area contributed by atoms with Gasteiger partial charge in [0.15, 0.2) is 0 Å². The van der Waals surface area contributed by atoms with Crippen molar-refractivity contribution >= 4 is 5.91 Å². The summed E-state index contributed by atoms with van der Waals surface area (Å²) in [5.74, 6) is 0.983. The molecule has 1 aromatic heterocycles. The smallest absolute Gasteiger partial charge is 0.293 e. The lowest BCUT2D eigenvalue weighted by atomic mass is 9.96. The highest BCUT2D eigenvalue weighted by Crippen LogP contribution is 2.18. The monoisotopic (exact) mass is 292 g/mol. The molecule has 0 bridgehead atoms. The Kier molecular flexibility index (Phi) is 3.71. The van der Waals surface area contributed by atoms with Crippen molar-refractivity contribution in [1.29, 1.82) is 0 Å². The number of carbonyl (C=O) groups excluding carboxylic acids is 1. The fourth-order valence-corrected chi connectivity index (χ4v) is 2.66. The van der Waals surface area contributed by atoms with Gasteiger partial charge in [0, 0.05) is 50.7 Å². The number of carbonyl (C=O) groups is 1. The van der Waals surface area contributed by atoms with E-state index in [4.69, 9.17) is 0 Å². The molecule has 0 saturated carbocycles. The molecule has 21 heavy (non-hydrogen) atoms. The molecule has 2 N–H and O–H groups in total. The topological polar surface area (TPSA) is 77.2 Å². The quantitative estimate of drug-likeness (QED) is 0.791. The van der Waals surface area contributed by atoms with Crippen LogP contribution in [0.15, 0.2) is 0 Å². The van der Waals surface area contributed by atoms with Crippen molar-refractivity contribution in [1.82, 2.24) is 30.3 Å². The molecule has 7 heteroatoms. The molecule has 1 amide bonds. The minimum Gasteiger partial charge on any atom is -0.333 e. The van der Waals surface area contributed by atoms with E-state index in [2.05, 4.69) is 25.4 Å². The second kappa shape index (κ2) is 5.38. The number of piperazine rings is 1. The van der Waals surface area contributed by atoms with E-state index in [1.54, 1.807) is 0 Å².